The monoisotopic (exact) mass is 387 g/mol. The molecular weight excluding hydrogens is 359 g/mol. The topological polar surface area (TPSA) is 0 Å². The van der Waals surface area contributed by atoms with Crippen molar-refractivity contribution in [1.82, 2.24) is 0 Å². The first-order chi connectivity index (χ1) is 6.50. The van der Waals surface area contributed by atoms with Gasteiger partial charge in [-0.1, -0.05) is 41.5 Å². The van der Waals surface area contributed by atoms with Crippen LogP contribution in [-0.4, -0.2) is 0 Å². The van der Waals surface area contributed by atoms with E-state index < -0.39 is 0 Å². The van der Waals surface area contributed by atoms with E-state index in [2.05, 4.69) is 55.4 Å². The molecule has 0 aromatic heterocycles. The fraction of sp³-hybridized carbons (Fsp3) is 0.533. The molecule has 94 valence electrons. The third-order valence-corrected chi connectivity index (χ3v) is 0.556. The van der Waals surface area contributed by atoms with Crippen LogP contribution in [0.15, 0.2) is 30.3 Å². The Balaban J connectivity index is -0.000000154. The molecule has 0 N–H and O–H groups in total. The van der Waals surface area contributed by atoms with Gasteiger partial charge in [-0.2, -0.15) is 29.0 Å². The first kappa shape index (κ1) is 21.5. The second-order valence-electron chi connectivity index (χ2n) is 6.08. The smallest absolute Gasteiger partial charge is 0 e. The minimum Gasteiger partial charge on any atom is -0.338 e. The van der Waals surface area contributed by atoms with Crippen molar-refractivity contribution >= 4 is 0 Å². The molecule has 0 saturated heterocycles. The van der Waals surface area contributed by atoms with Crippen molar-refractivity contribution in [2.24, 2.45) is 10.8 Å². The van der Waals surface area contributed by atoms with E-state index in [1.807, 2.05) is 30.3 Å². The normalized spacial score (nSPS) is 10.0. The van der Waals surface area contributed by atoms with Gasteiger partial charge in [0, 0.05) is 25.8 Å². The molecule has 0 unspecified atom stereocenters. The molecular formula is C15H27Hf-3. The molecule has 1 heteroatoms. The molecule has 0 aliphatic heterocycles. The van der Waals surface area contributed by atoms with Gasteiger partial charge in [-0.3, -0.25) is 0 Å². The molecule has 16 heavy (non-hydrogen) atoms. The number of hydrogen-bond acceptors (Lipinski definition) is 0. The average Bonchev–Trinajstić information content (AvgIpc) is 2.28. The minimum absolute atomic E-state index is 0. The quantitative estimate of drug-likeness (QED) is 0.428. The van der Waals surface area contributed by atoms with Crippen molar-refractivity contribution < 1.29 is 25.8 Å². The first-order valence-corrected chi connectivity index (χ1v) is 5.37. The summed E-state index contributed by atoms with van der Waals surface area (Å²) in [5.74, 6) is 0. The third kappa shape index (κ3) is 91.2. The Kier molecular flexibility index (Phi) is 13.9. The molecule has 0 atom stereocenters. The maximum absolute atomic E-state index is 3.77. The van der Waals surface area contributed by atoms with Crippen molar-refractivity contribution in [3.8, 4) is 0 Å². The fourth-order valence-electron chi connectivity index (χ4n) is 0.321. The van der Waals surface area contributed by atoms with Crippen LogP contribution < -0.4 is 0 Å². The Morgan fingerprint density at radius 1 is 0.750 bits per heavy atom. The van der Waals surface area contributed by atoms with Crippen molar-refractivity contribution in [3.05, 3.63) is 44.2 Å². The summed E-state index contributed by atoms with van der Waals surface area (Å²) < 4.78 is 0. The Hall–Kier alpha value is 0.220. The summed E-state index contributed by atoms with van der Waals surface area (Å²) in [5, 5.41) is 0. The van der Waals surface area contributed by atoms with Gasteiger partial charge in [0.25, 0.3) is 0 Å². The van der Waals surface area contributed by atoms with Gasteiger partial charge in [0.2, 0.25) is 0 Å². The van der Waals surface area contributed by atoms with Crippen LogP contribution in [0.5, 0.6) is 0 Å². The summed E-state index contributed by atoms with van der Waals surface area (Å²) in [5.41, 5.74) is 0.500. The molecule has 1 rings (SSSR count). The second-order valence-corrected chi connectivity index (χ2v) is 6.08. The van der Waals surface area contributed by atoms with E-state index in [1.54, 1.807) is 0 Å². The predicted octanol–water partition coefficient (Wildman–Crippen LogP) is 5.14. The summed E-state index contributed by atoms with van der Waals surface area (Å²) in [6.07, 6.45) is 0. The SMILES string of the molecule is [CH2-]C(C)(C)C.[CH2-]C(C)(C)C.[Hf].c1cc[cH-]c1. The van der Waals surface area contributed by atoms with Gasteiger partial charge in [0.05, 0.1) is 0 Å². The van der Waals surface area contributed by atoms with Crippen LogP contribution in [0, 0.1) is 24.7 Å². The van der Waals surface area contributed by atoms with Gasteiger partial charge in [-0.25, -0.2) is 12.1 Å². The zero-order chi connectivity index (χ0) is 12.5. The molecule has 0 radical (unpaired) electrons. The summed E-state index contributed by atoms with van der Waals surface area (Å²) >= 11 is 0. The Morgan fingerprint density at radius 3 is 1.00 bits per heavy atom. The molecule has 0 fully saturated rings. The molecule has 0 amide bonds. The van der Waals surface area contributed by atoms with Gasteiger partial charge in [-0.15, -0.1) is 0 Å². The predicted molar refractivity (Wildman–Crippen MR) is 71.7 cm³/mol. The van der Waals surface area contributed by atoms with E-state index in [0.717, 1.165) is 0 Å². The second kappa shape index (κ2) is 10.4. The van der Waals surface area contributed by atoms with E-state index in [1.165, 1.54) is 0 Å². The maximum atomic E-state index is 3.77. The van der Waals surface area contributed by atoms with Crippen molar-refractivity contribution in [1.29, 1.82) is 0 Å². The van der Waals surface area contributed by atoms with Crippen LogP contribution in [0.3, 0.4) is 0 Å². The Labute approximate surface area is 122 Å². The molecule has 0 heterocycles. The van der Waals surface area contributed by atoms with Gasteiger partial charge < -0.3 is 13.8 Å². The Morgan fingerprint density at radius 2 is 0.938 bits per heavy atom. The van der Waals surface area contributed by atoms with E-state index in [4.69, 9.17) is 0 Å². The van der Waals surface area contributed by atoms with Gasteiger partial charge in [-0.05, 0) is 0 Å². The minimum atomic E-state index is 0. The van der Waals surface area contributed by atoms with E-state index in [0.29, 0.717) is 0 Å². The maximum Gasteiger partial charge on any atom is 0 e. The fourth-order valence-corrected chi connectivity index (χ4v) is 0.321. The summed E-state index contributed by atoms with van der Waals surface area (Å²) in [4.78, 5) is 0. The molecule has 0 bridgehead atoms. The Bertz CT molecular complexity index is 155. The van der Waals surface area contributed by atoms with E-state index in [9.17, 15) is 0 Å². The van der Waals surface area contributed by atoms with Crippen molar-refractivity contribution in [2.75, 3.05) is 0 Å². The molecule has 0 spiro atoms. The van der Waals surface area contributed by atoms with E-state index >= 15 is 0 Å². The van der Waals surface area contributed by atoms with Crippen LogP contribution in [0.4, 0.5) is 0 Å². The van der Waals surface area contributed by atoms with E-state index in [-0.39, 0.29) is 36.7 Å². The summed E-state index contributed by atoms with van der Waals surface area (Å²) in [7, 11) is 0. The largest absolute Gasteiger partial charge is 0.338 e. The van der Waals surface area contributed by atoms with Crippen LogP contribution >= 0.6 is 0 Å². The molecule has 0 aliphatic rings. The standard InChI is InChI=1S/C5H5.2C5H11.Hf/c1-2-4-5-3-1;2*1-5(2,3)4;/h1-5H;2*1H2,2-4H3;/q3*-1;. The molecule has 0 nitrogen and oxygen atoms in total. The van der Waals surface area contributed by atoms with Crippen LogP contribution in [-0.2, 0) is 25.8 Å². The van der Waals surface area contributed by atoms with Gasteiger partial charge in [0.15, 0.2) is 0 Å². The van der Waals surface area contributed by atoms with Crippen LogP contribution in [0.2, 0.25) is 0 Å². The molecule has 1 aromatic rings. The van der Waals surface area contributed by atoms with Crippen LogP contribution in [0.1, 0.15) is 41.5 Å². The number of rotatable bonds is 0. The van der Waals surface area contributed by atoms with Gasteiger partial charge >= 0.3 is 0 Å². The molecule has 0 aliphatic carbocycles. The summed E-state index contributed by atoms with van der Waals surface area (Å²) in [6.45, 7) is 20.0. The summed E-state index contributed by atoms with van der Waals surface area (Å²) in [6, 6.07) is 10.0. The molecule has 0 saturated carbocycles. The van der Waals surface area contributed by atoms with Crippen molar-refractivity contribution in [2.45, 2.75) is 41.5 Å². The zero-order valence-corrected chi connectivity index (χ0v) is 15.4. The number of hydrogen-bond donors (Lipinski definition) is 0. The van der Waals surface area contributed by atoms with Crippen molar-refractivity contribution in [3.63, 3.8) is 0 Å². The first-order valence-electron chi connectivity index (χ1n) is 5.37. The van der Waals surface area contributed by atoms with Crippen LogP contribution in [0.25, 0.3) is 0 Å². The molecule has 1 aromatic carbocycles. The third-order valence-electron chi connectivity index (χ3n) is 0.556. The average molecular weight is 386 g/mol. The zero-order valence-electron chi connectivity index (χ0n) is 11.8. The van der Waals surface area contributed by atoms with Gasteiger partial charge in [0.1, 0.15) is 0 Å².